The minimum Gasteiger partial charge on any atom is -0.336 e. The molecule has 4 rings (SSSR count). The molecule has 1 amide bonds. The van der Waals surface area contributed by atoms with E-state index < -0.39 is 0 Å². The number of fused-ring (bicyclic) bond motifs is 1. The molecule has 0 atom stereocenters. The van der Waals surface area contributed by atoms with Gasteiger partial charge in [-0.1, -0.05) is 12.1 Å². The maximum atomic E-state index is 12.6. The second-order valence-corrected chi connectivity index (χ2v) is 6.39. The number of aromatic nitrogens is 4. The average Bonchev–Trinajstić information content (AvgIpc) is 3.23. The summed E-state index contributed by atoms with van der Waals surface area (Å²) in [5, 5.41) is 8.96. The molecule has 0 radical (unpaired) electrons. The van der Waals surface area contributed by atoms with Crippen molar-refractivity contribution in [1.82, 2.24) is 24.9 Å². The van der Waals surface area contributed by atoms with Crippen LogP contribution < -0.4 is 0 Å². The number of hydrogen-bond donors (Lipinski definition) is 0. The molecule has 0 aliphatic carbocycles. The second kappa shape index (κ2) is 5.49. The molecule has 6 nitrogen and oxygen atoms in total. The number of hydrogen-bond acceptors (Lipinski definition) is 5. The lowest BCUT2D eigenvalue weighted by Crippen LogP contribution is -2.39. The summed E-state index contributed by atoms with van der Waals surface area (Å²) >= 11 is 1.47. The lowest BCUT2D eigenvalue weighted by atomic mass is 10.1. The highest BCUT2D eigenvalue weighted by molar-refractivity contribution is 7.20. The number of thiazole rings is 1. The summed E-state index contributed by atoms with van der Waals surface area (Å²) in [5.41, 5.74) is 0.895. The lowest BCUT2D eigenvalue weighted by Gasteiger charge is -2.30. The molecular weight excluding hydrogens is 298 g/mol. The Morgan fingerprint density at radius 3 is 2.59 bits per heavy atom. The van der Waals surface area contributed by atoms with E-state index in [0.717, 1.165) is 36.1 Å². The number of nitrogens with zero attached hydrogens (tertiary/aromatic N) is 5. The maximum absolute atomic E-state index is 12.6. The number of carbonyl (C=O) groups excluding carboxylic acids is 1. The summed E-state index contributed by atoms with van der Waals surface area (Å²) in [5.74, 6) is 0.0353. The molecule has 1 aromatic carbocycles. The average molecular weight is 313 g/mol. The number of likely N-dealkylation sites (tertiary alicyclic amines) is 1. The molecule has 1 saturated heterocycles. The fourth-order valence-corrected chi connectivity index (χ4v) is 3.75. The van der Waals surface area contributed by atoms with E-state index in [4.69, 9.17) is 0 Å². The Morgan fingerprint density at radius 1 is 1.14 bits per heavy atom. The summed E-state index contributed by atoms with van der Waals surface area (Å²) in [4.78, 5) is 20.7. The zero-order valence-electron chi connectivity index (χ0n) is 11.9. The second-order valence-electron chi connectivity index (χ2n) is 5.36. The molecular formula is C15H15N5OS. The molecule has 3 aromatic rings. The minimum absolute atomic E-state index is 0.0353. The van der Waals surface area contributed by atoms with E-state index in [0.29, 0.717) is 5.01 Å². The van der Waals surface area contributed by atoms with Crippen LogP contribution in [0, 0.1) is 0 Å². The van der Waals surface area contributed by atoms with Gasteiger partial charge in [0.25, 0.3) is 5.91 Å². The normalized spacial score (nSPS) is 16.3. The minimum atomic E-state index is 0.0353. The molecule has 2 aromatic heterocycles. The zero-order valence-corrected chi connectivity index (χ0v) is 12.7. The Balaban J connectivity index is 1.47. The monoisotopic (exact) mass is 313 g/mol. The Kier molecular flexibility index (Phi) is 3.34. The molecule has 0 saturated carbocycles. The fraction of sp³-hybridized carbons (Fsp3) is 0.333. The Labute approximate surface area is 131 Å². The molecule has 1 aliphatic rings. The van der Waals surface area contributed by atoms with Crippen LogP contribution in [0.25, 0.3) is 10.2 Å². The van der Waals surface area contributed by atoms with Gasteiger partial charge < -0.3 is 4.90 Å². The highest BCUT2D eigenvalue weighted by atomic mass is 32.1. The lowest BCUT2D eigenvalue weighted by molar-refractivity contribution is 0.0683. The Morgan fingerprint density at radius 2 is 1.86 bits per heavy atom. The van der Waals surface area contributed by atoms with E-state index in [1.807, 2.05) is 29.2 Å². The first-order chi connectivity index (χ1) is 10.8. The first-order valence-electron chi connectivity index (χ1n) is 7.32. The van der Waals surface area contributed by atoms with Crippen molar-refractivity contribution >= 4 is 27.5 Å². The van der Waals surface area contributed by atoms with Gasteiger partial charge in [-0.25, -0.2) is 4.98 Å². The van der Waals surface area contributed by atoms with Crippen LogP contribution >= 0.6 is 11.3 Å². The predicted octanol–water partition coefficient (Wildman–Crippen LogP) is 2.37. The van der Waals surface area contributed by atoms with Crippen molar-refractivity contribution in [3.05, 3.63) is 41.7 Å². The molecule has 3 heterocycles. The number of rotatable bonds is 2. The van der Waals surface area contributed by atoms with Crippen LogP contribution in [0.5, 0.6) is 0 Å². The van der Waals surface area contributed by atoms with Crippen molar-refractivity contribution in [3.63, 3.8) is 0 Å². The van der Waals surface area contributed by atoms with Gasteiger partial charge in [-0.05, 0) is 25.0 Å². The van der Waals surface area contributed by atoms with Crippen molar-refractivity contribution in [2.75, 3.05) is 13.1 Å². The molecule has 0 N–H and O–H groups in total. The topological polar surface area (TPSA) is 63.9 Å². The molecule has 0 unspecified atom stereocenters. The largest absolute Gasteiger partial charge is 0.336 e. The summed E-state index contributed by atoms with van der Waals surface area (Å²) in [6.07, 6.45) is 5.15. The Bertz CT molecular complexity index is 756. The van der Waals surface area contributed by atoms with Gasteiger partial charge in [0.1, 0.15) is 0 Å². The highest BCUT2D eigenvalue weighted by Crippen LogP contribution is 2.26. The number of para-hydroxylation sites is 1. The first-order valence-corrected chi connectivity index (χ1v) is 8.13. The summed E-state index contributed by atoms with van der Waals surface area (Å²) in [6.45, 7) is 1.45. The van der Waals surface area contributed by atoms with Crippen molar-refractivity contribution < 1.29 is 4.79 Å². The quantitative estimate of drug-likeness (QED) is 0.728. The summed E-state index contributed by atoms with van der Waals surface area (Å²) in [7, 11) is 0. The van der Waals surface area contributed by atoms with E-state index in [9.17, 15) is 4.79 Å². The molecule has 1 aliphatic heterocycles. The van der Waals surface area contributed by atoms with Crippen LogP contribution in [0.4, 0.5) is 0 Å². The van der Waals surface area contributed by atoms with Crippen LogP contribution in [-0.4, -0.2) is 43.9 Å². The molecule has 7 heteroatoms. The van der Waals surface area contributed by atoms with Crippen molar-refractivity contribution in [3.8, 4) is 0 Å². The number of carbonyl (C=O) groups is 1. The molecule has 0 bridgehead atoms. The van der Waals surface area contributed by atoms with E-state index in [-0.39, 0.29) is 11.9 Å². The summed E-state index contributed by atoms with van der Waals surface area (Å²) < 4.78 is 1.06. The SMILES string of the molecule is O=C(c1nc2ccccc2s1)N1CCC(n2nccn2)CC1. The van der Waals surface area contributed by atoms with Gasteiger partial charge in [-0.3, -0.25) is 4.79 Å². The van der Waals surface area contributed by atoms with E-state index >= 15 is 0 Å². The highest BCUT2D eigenvalue weighted by Gasteiger charge is 2.27. The third kappa shape index (κ3) is 2.37. The van der Waals surface area contributed by atoms with Gasteiger partial charge in [0, 0.05) is 13.1 Å². The van der Waals surface area contributed by atoms with Crippen molar-refractivity contribution in [2.24, 2.45) is 0 Å². The van der Waals surface area contributed by atoms with E-state index in [1.54, 1.807) is 17.2 Å². The van der Waals surface area contributed by atoms with Crippen molar-refractivity contribution in [1.29, 1.82) is 0 Å². The Hall–Kier alpha value is -2.28. The van der Waals surface area contributed by atoms with Gasteiger partial charge >= 0.3 is 0 Å². The van der Waals surface area contributed by atoms with Crippen LogP contribution in [0.2, 0.25) is 0 Å². The first kappa shape index (κ1) is 13.4. The molecule has 112 valence electrons. The van der Waals surface area contributed by atoms with Gasteiger partial charge in [0.2, 0.25) is 0 Å². The third-order valence-corrected chi connectivity index (χ3v) is 5.02. The standard InChI is InChI=1S/C15H15N5OS/c21-15(14-18-12-3-1-2-4-13(12)22-14)19-9-5-11(6-10-19)20-16-7-8-17-20/h1-4,7-8,11H,5-6,9-10H2. The van der Waals surface area contributed by atoms with Crippen LogP contribution in [-0.2, 0) is 0 Å². The fourth-order valence-electron chi connectivity index (χ4n) is 2.81. The van der Waals surface area contributed by atoms with Crippen LogP contribution in [0.15, 0.2) is 36.7 Å². The molecule has 1 fully saturated rings. The van der Waals surface area contributed by atoms with Gasteiger partial charge in [-0.2, -0.15) is 15.0 Å². The van der Waals surface area contributed by atoms with Gasteiger partial charge in [0.05, 0.1) is 28.7 Å². The smallest absolute Gasteiger partial charge is 0.282 e. The number of piperidine rings is 1. The number of benzene rings is 1. The molecule has 0 spiro atoms. The number of amides is 1. The van der Waals surface area contributed by atoms with Crippen LogP contribution in [0.3, 0.4) is 0 Å². The summed E-state index contributed by atoms with van der Waals surface area (Å²) in [6, 6.07) is 8.14. The van der Waals surface area contributed by atoms with E-state index in [1.165, 1.54) is 11.3 Å². The predicted molar refractivity (Wildman–Crippen MR) is 83.8 cm³/mol. The van der Waals surface area contributed by atoms with E-state index in [2.05, 4.69) is 15.2 Å². The van der Waals surface area contributed by atoms with Gasteiger partial charge in [-0.15, -0.1) is 11.3 Å². The van der Waals surface area contributed by atoms with Gasteiger partial charge in [0.15, 0.2) is 5.01 Å². The van der Waals surface area contributed by atoms with Crippen LogP contribution in [0.1, 0.15) is 28.7 Å². The maximum Gasteiger partial charge on any atom is 0.282 e. The zero-order chi connectivity index (χ0) is 14.9. The third-order valence-electron chi connectivity index (χ3n) is 3.99. The molecule has 22 heavy (non-hydrogen) atoms. The van der Waals surface area contributed by atoms with Crippen molar-refractivity contribution in [2.45, 2.75) is 18.9 Å².